The number of imide groups is 1. The fraction of sp³-hybridized carbons (Fsp3) is 0.462. The van der Waals surface area contributed by atoms with Crippen LogP contribution in [-0.2, 0) is 11.3 Å². The lowest BCUT2D eigenvalue weighted by Gasteiger charge is -2.18. The molecule has 114 valence electrons. The van der Waals surface area contributed by atoms with E-state index >= 15 is 0 Å². The highest BCUT2D eigenvalue weighted by Gasteiger charge is 2.46. The number of nitrogens with two attached hydrogens (primary N) is 1. The van der Waals surface area contributed by atoms with E-state index in [4.69, 9.17) is 10.3 Å². The Morgan fingerprint density at radius 1 is 1.52 bits per heavy atom. The lowest BCUT2D eigenvalue weighted by molar-refractivity contribution is -0.131. The Labute approximate surface area is 121 Å². The third kappa shape index (κ3) is 2.49. The molecular formula is C13H18N4O4. The topological polar surface area (TPSA) is 118 Å². The van der Waals surface area contributed by atoms with Crippen LogP contribution in [0.25, 0.3) is 0 Å². The summed E-state index contributed by atoms with van der Waals surface area (Å²) in [6.45, 7) is 5.15. The largest absolute Gasteiger partial charge is 0.454 e. The van der Waals surface area contributed by atoms with E-state index in [9.17, 15) is 14.4 Å². The van der Waals surface area contributed by atoms with E-state index in [0.717, 1.165) is 4.90 Å². The van der Waals surface area contributed by atoms with E-state index < -0.39 is 17.5 Å². The molecule has 1 aliphatic heterocycles. The molecule has 1 aromatic heterocycles. The molecule has 2 heterocycles. The second kappa shape index (κ2) is 5.21. The van der Waals surface area contributed by atoms with Gasteiger partial charge in [0, 0.05) is 5.56 Å². The number of hydrogen-bond donors (Lipinski definition) is 3. The van der Waals surface area contributed by atoms with Gasteiger partial charge < -0.3 is 9.73 Å². The molecule has 2 rings (SSSR count). The lowest BCUT2D eigenvalue weighted by atomic mass is 9.99. The van der Waals surface area contributed by atoms with Gasteiger partial charge in [-0.05, 0) is 26.3 Å². The number of nitrogen functional groups attached to an aromatic ring is 1. The first-order valence-corrected chi connectivity index (χ1v) is 6.56. The van der Waals surface area contributed by atoms with Crippen LogP contribution in [0.15, 0.2) is 10.5 Å². The molecule has 8 nitrogen and oxygen atoms in total. The maximum Gasteiger partial charge on any atom is 0.325 e. The average molecular weight is 294 g/mol. The molecule has 0 radical (unpaired) electrons. The number of nitrogens with zero attached hydrogens (tertiary/aromatic N) is 1. The van der Waals surface area contributed by atoms with Gasteiger partial charge in [0.2, 0.25) is 0 Å². The number of carbonyl (C=O) groups is 3. The van der Waals surface area contributed by atoms with E-state index in [2.05, 4.69) is 5.32 Å². The highest BCUT2D eigenvalue weighted by Crippen LogP contribution is 2.24. The Hall–Kier alpha value is -2.35. The minimum absolute atomic E-state index is 0.0288. The smallest absolute Gasteiger partial charge is 0.325 e. The monoisotopic (exact) mass is 294 g/mol. The van der Waals surface area contributed by atoms with E-state index in [0.29, 0.717) is 17.7 Å². The van der Waals surface area contributed by atoms with Crippen LogP contribution in [0.4, 0.5) is 4.79 Å². The second-order valence-electron chi connectivity index (χ2n) is 5.21. The maximum atomic E-state index is 12.3. The molecule has 1 saturated heterocycles. The van der Waals surface area contributed by atoms with Gasteiger partial charge in [-0.25, -0.2) is 10.6 Å². The van der Waals surface area contributed by atoms with Gasteiger partial charge >= 0.3 is 11.9 Å². The van der Waals surface area contributed by atoms with Crippen molar-refractivity contribution in [2.75, 3.05) is 0 Å². The predicted molar refractivity (Wildman–Crippen MR) is 72.9 cm³/mol. The van der Waals surface area contributed by atoms with Crippen LogP contribution >= 0.6 is 0 Å². The van der Waals surface area contributed by atoms with Crippen molar-refractivity contribution in [1.29, 1.82) is 0 Å². The van der Waals surface area contributed by atoms with Crippen molar-refractivity contribution in [1.82, 2.24) is 15.6 Å². The molecule has 0 spiro atoms. The van der Waals surface area contributed by atoms with E-state index in [1.54, 1.807) is 19.9 Å². The minimum atomic E-state index is -0.893. The van der Waals surface area contributed by atoms with Gasteiger partial charge in [-0.1, -0.05) is 6.92 Å². The number of nitrogens with one attached hydrogen (secondary N) is 2. The van der Waals surface area contributed by atoms with Crippen molar-refractivity contribution in [3.63, 3.8) is 0 Å². The summed E-state index contributed by atoms with van der Waals surface area (Å²) >= 11 is 0. The standard InChI is InChI=1S/C13H18N4O4/c1-4-13(3)11(19)17(12(20)15-13)6-8-5-7(2)9(21-8)10(18)16-14/h5H,4,6,14H2,1-3H3,(H,15,20)(H,16,18). The Morgan fingerprint density at radius 2 is 2.19 bits per heavy atom. The first kappa shape index (κ1) is 15.0. The lowest BCUT2D eigenvalue weighted by Crippen LogP contribution is -2.43. The summed E-state index contributed by atoms with van der Waals surface area (Å²) in [4.78, 5) is 36.7. The zero-order valence-electron chi connectivity index (χ0n) is 12.1. The molecule has 4 N–H and O–H groups in total. The number of hydrogen-bond acceptors (Lipinski definition) is 5. The Kier molecular flexibility index (Phi) is 3.73. The summed E-state index contributed by atoms with van der Waals surface area (Å²) in [6.07, 6.45) is 0.492. The average Bonchev–Trinajstić information content (AvgIpc) is 2.92. The molecular weight excluding hydrogens is 276 g/mol. The fourth-order valence-corrected chi connectivity index (χ4v) is 2.20. The molecule has 1 atom stereocenters. The summed E-state index contributed by atoms with van der Waals surface area (Å²) in [5.74, 6) is 4.59. The van der Waals surface area contributed by atoms with E-state index in [-0.39, 0.29) is 18.2 Å². The first-order valence-electron chi connectivity index (χ1n) is 6.56. The van der Waals surface area contributed by atoms with Crippen LogP contribution in [0.1, 0.15) is 42.1 Å². The van der Waals surface area contributed by atoms with Crippen molar-refractivity contribution >= 4 is 17.8 Å². The molecule has 1 aromatic rings. The van der Waals surface area contributed by atoms with Crippen LogP contribution in [0.3, 0.4) is 0 Å². The van der Waals surface area contributed by atoms with Crippen molar-refractivity contribution in [2.45, 2.75) is 39.3 Å². The molecule has 21 heavy (non-hydrogen) atoms. The molecule has 0 bridgehead atoms. The van der Waals surface area contributed by atoms with Gasteiger partial charge in [0.25, 0.3) is 5.91 Å². The van der Waals surface area contributed by atoms with Crippen LogP contribution < -0.4 is 16.6 Å². The zero-order chi connectivity index (χ0) is 15.8. The fourth-order valence-electron chi connectivity index (χ4n) is 2.20. The quantitative estimate of drug-likeness (QED) is 0.322. The highest BCUT2D eigenvalue weighted by atomic mass is 16.4. The van der Waals surface area contributed by atoms with Crippen LogP contribution in [0, 0.1) is 6.92 Å². The third-order valence-corrected chi connectivity index (χ3v) is 3.67. The first-order chi connectivity index (χ1) is 9.82. The number of hydrazine groups is 1. The summed E-state index contributed by atoms with van der Waals surface area (Å²) in [5.41, 5.74) is 1.67. The van der Waals surface area contributed by atoms with Crippen molar-refractivity contribution in [3.8, 4) is 0 Å². The molecule has 8 heteroatoms. The van der Waals surface area contributed by atoms with Gasteiger partial charge in [-0.3, -0.25) is 19.9 Å². The predicted octanol–water partition coefficient (Wildman–Crippen LogP) is 0.412. The van der Waals surface area contributed by atoms with Crippen LogP contribution in [0.5, 0.6) is 0 Å². The van der Waals surface area contributed by atoms with Crippen molar-refractivity contribution < 1.29 is 18.8 Å². The van der Waals surface area contributed by atoms with Crippen LogP contribution in [-0.4, -0.2) is 28.3 Å². The molecule has 0 saturated carbocycles. The molecule has 4 amide bonds. The number of urea groups is 1. The third-order valence-electron chi connectivity index (χ3n) is 3.67. The summed E-state index contributed by atoms with van der Waals surface area (Å²) in [7, 11) is 0. The molecule has 1 unspecified atom stereocenters. The van der Waals surface area contributed by atoms with Gasteiger partial charge in [-0.15, -0.1) is 0 Å². The number of aryl methyl sites for hydroxylation is 1. The Morgan fingerprint density at radius 3 is 2.71 bits per heavy atom. The van der Waals surface area contributed by atoms with Gasteiger partial charge in [0.15, 0.2) is 5.76 Å². The maximum absolute atomic E-state index is 12.3. The Balaban J connectivity index is 2.21. The number of rotatable bonds is 4. The van der Waals surface area contributed by atoms with E-state index in [1.807, 2.05) is 12.3 Å². The number of furan rings is 1. The molecule has 0 aromatic carbocycles. The molecule has 1 fully saturated rings. The minimum Gasteiger partial charge on any atom is -0.454 e. The van der Waals surface area contributed by atoms with Gasteiger partial charge in [0.05, 0.1) is 6.54 Å². The number of amides is 4. The summed E-state index contributed by atoms with van der Waals surface area (Å²) in [5, 5.41) is 2.65. The van der Waals surface area contributed by atoms with Crippen LogP contribution in [0.2, 0.25) is 0 Å². The molecule has 0 aliphatic carbocycles. The normalized spacial score (nSPS) is 21.6. The number of carbonyl (C=O) groups excluding carboxylic acids is 3. The van der Waals surface area contributed by atoms with Crippen molar-refractivity contribution in [3.05, 3.63) is 23.2 Å². The molecule has 1 aliphatic rings. The second-order valence-corrected chi connectivity index (χ2v) is 5.21. The summed E-state index contributed by atoms with van der Waals surface area (Å²) in [6, 6.07) is 1.13. The highest BCUT2D eigenvalue weighted by molar-refractivity contribution is 6.06. The van der Waals surface area contributed by atoms with Gasteiger partial charge in [0.1, 0.15) is 11.3 Å². The van der Waals surface area contributed by atoms with Crippen molar-refractivity contribution in [2.24, 2.45) is 5.84 Å². The van der Waals surface area contributed by atoms with Gasteiger partial charge in [-0.2, -0.15) is 0 Å². The Bertz CT molecular complexity index is 609. The zero-order valence-corrected chi connectivity index (χ0v) is 12.1. The SMILES string of the molecule is CCC1(C)NC(=O)N(Cc2cc(C)c(C(=O)NN)o2)C1=O. The summed E-state index contributed by atoms with van der Waals surface area (Å²) < 4.78 is 5.36. The van der Waals surface area contributed by atoms with E-state index in [1.165, 1.54) is 0 Å².